The second-order valence-corrected chi connectivity index (χ2v) is 15.6. The number of hydrogen-bond acceptors (Lipinski definition) is 7. The standard InChI is InChI=1S/C33H37N5O4Si/c1-33(2,3)43(27-15-9-5-10-16-27,28-17-11-6-12-18-28)42-22-26(21-39)41-20-19-38-24-36-29-30(34-23-35-31(29)38)37-32(40)25-13-7-4-8-14-25/h4-18,23-24,26,39H,19-22H2,1-3H3,(H,34,35,37,40). The summed E-state index contributed by atoms with van der Waals surface area (Å²) in [7, 11) is -2.76. The third-order valence-corrected chi connectivity index (χ3v) is 12.5. The van der Waals surface area contributed by atoms with E-state index in [-0.39, 0.29) is 24.2 Å². The fourth-order valence-corrected chi connectivity index (χ4v) is 9.95. The first-order valence-corrected chi connectivity index (χ1v) is 16.2. The molecule has 10 heteroatoms. The number of anilines is 1. The van der Waals surface area contributed by atoms with Gasteiger partial charge in [0.05, 0.1) is 26.1 Å². The summed E-state index contributed by atoms with van der Waals surface area (Å²) in [6, 6.07) is 29.7. The van der Waals surface area contributed by atoms with Gasteiger partial charge in [-0.25, -0.2) is 15.0 Å². The van der Waals surface area contributed by atoms with Gasteiger partial charge in [-0.15, -0.1) is 0 Å². The molecule has 0 radical (unpaired) electrons. The summed E-state index contributed by atoms with van der Waals surface area (Å²) >= 11 is 0. The first-order valence-electron chi connectivity index (χ1n) is 14.3. The molecule has 9 nitrogen and oxygen atoms in total. The second-order valence-electron chi connectivity index (χ2n) is 11.3. The van der Waals surface area contributed by atoms with Gasteiger partial charge < -0.3 is 24.2 Å². The van der Waals surface area contributed by atoms with E-state index in [9.17, 15) is 9.90 Å². The van der Waals surface area contributed by atoms with Crippen LogP contribution in [0.5, 0.6) is 0 Å². The van der Waals surface area contributed by atoms with Gasteiger partial charge in [-0.1, -0.05) is 99.6 Å². The highest BCUT2D eigenvalue weighted by Gasteiger charge is 2.50. The number of amides is 1. The molecular weight excluding hydrogens is 558 g/mol. The number of carbonyl (C=O) groups excluding carboxylic acids is 1. The van der Waals surface area contributed by atoms with Crippen molar-refractivity contribution in [3.63, 3.8) is 0 Å². The van der Waals surface area contributed by atoms with Crippen LogP contribution in [0.15, 0.2) is 104 Å². The van der Waals surface area contributed by atoms with E-state index in [1.807, 2.05) is 47.0 Å². The predicted molar refractivity (Wildman–Crippen MR) is 170 cm³/mol. The highest BCUT2D eigenvalue weighted by Crippen LogP contribution is 2.36. The van der Waals surface area contributed by atoms with Crippen molar-refractivity contribution < 1.29 is 19.1 Å². The van der Waals surface area contributed by atoms with Crippen LogP contribution in [0.1, 0.15) is 31.1 Å². The number of aliphatic hydroxyl groups is 1. The Kier molecular flexibility index (Phi) is 9.42. The van der Waals surface area contributed by atoms with E-state index in [0.717, 1.165) is 0 Å². The summed E-state index contributed by atoms with van der Waals surface area (Å²) in [5.74, 6) is 0.0654. The highest BCUT2D eigenvalue weighted by atomic mass is 28.4. The fraction of sp³-hybridized carbons (Fsp3) is 0.273. The van der Waals surface area contributed by atoms with E-state index in [4.69, 9.17) is 9.16 Å². The Bertz CT molecular complexity index is 1590. The Balaban J connectivity index is 1.28. The average Bonchev–Trinajstić information content (AvgIpc) is 3.45. The largest absolute Gasteiger partial charge is 0.405 e. The van der Waals surface area contributed by atoms with Gasteiger partial charge in [0.2, 0.25) is 0 Å². The second kappa shape index (κ2) is 13.4. The molecule has 222 valence electrons. The van der Waals surface area contributed by atoms with Gasteiger partial charge >= 0.3 is 0 Å². The Morgan fingerprint density at radius 3 is 2.09 bits per heavy atom. The summed E-state index contributed by atoms with van der Waals surface area (Å²) in [6.07, 6.45) is 2.52. The van der Waals surface area contributed by atoms with Crippen molar-refractivity contribution in [1.82, 2.24) is 19.5 Å². The number of aliphatic hydroxyl groups excluding tert-OH is 1. The summed E-state index contributed by atoms with van der Waals surface area (Å²) in [5.41, 5.74) is 1.59. The van der Waals surface area contributed by atoms with E-state index in [0.29, 0.717) is 35.7 Å². The molecule has 2 N–H and O–H groups in total. The predicted octanol–water partition coefficient (Wildman–Crippen LogP) is 4.03. The molecule has 0 saturated heterocycles. The Morgan fingerprint density at radius 2 is 1.51 bits per heavy atom. The number of imidazole rings is 1. The van der Waals surface area contributed by atoms with Crippen molar-refractivity contribution in [2.24, 2.45) is 0 Å². The molecule has 0 aliphatic carbocycles. The number of fused-ring (bicyclic) bond motifs is 1. The maximum absolute atomic E-state index is 12.7. The number of benzene rings is 3. The zero-order chi connectivity index (χ0) is 30.3. The molecule has 2 aromatic heterocycles. The minimum Gasteiger partial charge on any atom is -0.405 e. The van der Waals surface area contributed by atoms with E-state index in [1.54, 1.807) is 30.6 Å². The van der Waals surface area contributed by atoms with E-state index >= 15 is 0 Å². The fourth-order valence-electron chi connectivity index (χ4n) is 5.36. The van der Waals surface area contributed by atoms with Crippen molar-refractivity contribution in [3.05, 3.63) is 109 Å². The van der Waals surface area contributed by atoms with Gasteiger partial charge in [0.25, 0.3) is 14.2 Å². The Labute approximate surface area is 252 Å². The van der Waals surface area contributed by atoms with Crippen LogP contribution >= 0.6 is 0 Å². The molecule has 0 saturated carbocycles. The number of rotatable bonds is 12. The van der Waals surface area contributed by atoms with Gasteiger partial charge in [0, 0.05) is 12.1 Å². The molecule has 43 heavy (non-hydrogen) atoms. The first kappa shape index (κ1) is 30.2. The van der Waals surface area contributed by atoms with Crippen LogP contribution in [-0.2, 0) is 15.7 Å². The van der Waals surface area contributed by atoms with Crippen LogP contribution in [0, 0.1) is 0 Å². The summed E-state index contributed by atoms with van der Waals surface area (Å²) < 4.78 is 14.9. The Morgan fingerprint density at radius 1 is 0.907 bits per heavy atom. The van der Waals surface area contributed by atoms with Gasteiger partial charge in [-0.2, -0.15) is 0 Å². The molecule has 0 aliphatic heterocycles. The molecule has 2 heterocycles. The van der Waals surface area contributed by atoms with Gasteiger partial charge in [-0.3, -0.25) is 4.79 Å². The van der Waals surface area contributed by atoms with Crippen LogP contribution in [0.3, 0.4) is 0 Å². The SMILES string of the molecule is CC(C)(C)[Si](OCC(CO)OCCn1cnc2c(NC(=O)c3ccccc3)ncnc21)(c1ccccc1)c1ccccc1. The van der Waals surface area contributed by atoms with Crippen molar-refractivity contribution >= 4 is 41.6 Å². The van der Waals surface area contributed by atoms with Crippen LogP contribution in [-0.4, -0.2) is 64.8 Å². The molecule has 0 fully saturated rings. The van der Waals surface area contributed by atoms with Crippen molar-refractivity contribution in [1.29, 1.82) is 0 Å². The monoisotopic (exact) mass is 595 g/mol. The molecule has 3 aromatic carbocycles. The third kappa shape index (κ3) is 6.57. The van der Waals surface area contributed by atoms with Crippen molar-refractivity contribution in [2.45, 2.75) is 38.5 Å². The molecule has 1 unspecified atom stereocenters. The summed E-state index contributed by atoms with van der Waals surface area (Å²) in [5, 5.41) is 15.2. The lowest BCUT2D eigenvalue weighted by atomic mass is 10.2. The molecule has 5 rings (SSSR count). The van der Waals surface area contributed by atoms with E-state index in [1.165, 1.54) is 16.7 Å². The third-order valence-electron chi connectivity index (χ3n) is 7.46. The molecule has 0 bridgehead atoms. The molecule has 1 atom stereocenters. The van der Waals surface area contributed by atoms with Crippen molar-refractivity contribution in [3.8, 4) is 0 Å². The van der Waals surface area contributed by atoms with Crippen LogP contribution in [0.25, 0.3) is 11.2 Å². The normalized spacial score (nSPS) is 12.7. The highest BCUT2D eigenvalue weighted by molar-refractivity contribution is 6.99. The van der Waals surface area contributed by atoms with E-state index < -0.39 is 14.4 Å². The van der Waals surface area contributed by atoms with Gasteiger partial charge in [0.1, 0.15) is 12.4 Å². The minimum absolute atomic E-state index is 0.180. The zero-order valence-electron chi connectivity index (χ0n) is 24.7. The van der Waals surface area contributed by atoms with Crippen LogP contribution < -0.4 is 15.7 Å². The molecule has 0 spiro atoms. The maximum atomic E-state index is 12.7. The number of hydrogen-bond donors (Lipinski definition) is 2. The van der Waals surface area contributed by atoms with Gasteiger partial charge in [-0.05, 0) is 27.5 Å². The Hall–Kier alpha value is -4.22. The first-order chi connectivity index (χ1) is 20.8. The van der Waals surface area contributed by atoms with Gasteiger partial charge in [0.15, 0.2) is 17.0 Å². The lowest BCUT2D eigenvalue weighted by Gasteiger charge is -2.43. The molecule has 0 aliphatic rings. The maximum Gasteiger partial charge on any atom is 0.261 e. The number of ether oxygens (including phenoxy) is 1. The lowest BCUT2D eigenvalue weighted by Crippen LogP contribution is -2.67. The zero-order valence-corrected chi connectivity index (χ0v) is 25.7. The summed E-state index contributed by atoms with van der Waals surface area (Å²) in [4.78, 5) is 25.7. The van der Waals surface area contributed by atoms with E-state index in [2.05, 4.69) is 65.3 Å². The minimum atomic E-state index is -2.76. The van der Waals surface area contributed by atoms with Crippen LogP contribution in [0.4, 0.5) is 5.82 Å². The lowest BCUT2D eigenvalue weighted by molar-refractivity contribution is -0.0183. The van der Waals surface area contributed by atoms with Crippen LogP contribution in [0.2, 0.25) is 5.04 Å². The number of nitrogens with zero attached hydrogens (tertiary/aromatic N) is 4. The average molecular weight is 596 g/mol. The molecule has 1 amide bonds. The summed E-state index contributed by atoms with van der Waals surface area (Å²) in [6.45, 7) is 7.46. The number of carbonyl (C=O) groups is 1. The topological polar surface area (TPSA) is 111 Å². The molecular formula is C33H37N5O4Si. The van der Waals surface area contributed by atoms with Crippen molar-refractivity contribution in [2.75, 3.05) is 25.1 Å². The number of nitrogens with one attached hydrogen (secondary N) is 1. The quantitative estimate of drug-likeness (QED) is 0.210. The smallest absolute Gasteiger partial charge is 0.261 e. The number of aromatic nitrogens is 4. The molecule has 5 aromatic rings.